The first-order chi connectivity index (χ1) is 10.8. The molecular weight excluding hydrogens is 320 g/mol. The Labute approximate surface area is 134 Å². The van der Waals surface area contributed by atoms with Crippen LogP contribution < -0.4 is 0 Å². The number of sulfonamides is 1. The van der Waals surface area contributed by atoms with Crippen LogP contribution >= 0.6 is 0 Å². The Kier molecular flexibility index (Phi) is 5.09. The van der Waals surface area contributed by atoms with Gasteiger partial charge in [0.25, 0.3) is 5.69 Å². The quantitative estimate of drug-likeness (QED) is 0.642. The highest BCUT2D eigenvalue weighted by Crippen LogP contribution is 2.21. The van der Waals surface area contributed by atoms with Crippen molar-refractivity contribution in [1.29, 1.82) is 0 Å². The number of benzene rings is 2. The van der Waals surface area contributed by atoms with E-state index in [2.05, 4.69) is 0 Å². The van der Waals surface area contributed by atoms with E-state index >= 15 is 0 Å². The third kappa shape index (κ3) is 3.92. The van der Waals surface area contributed by atoms with E-state index in [1.54, 1.807) is 18.2 Å². The monoisotopic (exact) mass is 336 g/mol. The summed E-state index contributed by atoms with van der Waals surface area (Å²) in [5.74, 6) is 0. The Balaban J connectivity index is 2.13. The van der Waals surface area contributed by atoms with Gasteiger partial charge in [0.15, 0.2) is 0 Å². The summed E-state index contributed by atoms with van der Waals surface area (Å²) in [7, 11) is -2.33. The standard InChI is InChI=1S/C15H16N2O5S/c1-16(23(21,22)14-5-3-2-4-6-14)11-15(18)12-7-9-13(10-8-12)17(19)20/h2-10,15,18H,11H2,1H3. The molecule has 122 valence electrons. The molecule has 23 heavy (non-hydrogen) atoms. The minimum Gasteiger partial charge on any atom is -0.387 e. The molecule has 0 spiro atoms. The van der Waals surface area contributed by atoms with Crippen LogP contribution in [0.25, 0.3) is 0 Å². The molecule has 0 heterocycles. The van der Waals surface area contributed by atoms with E-state index in [0.717, 1.165) is 4.31 Å². The number of likely N-dealkylation sites (N-methyl/N-ethyl adjacent to an activating group) is 1. The minimum absolute atomic E-state index is 0.0915. The summed E-state index contributed by atoms with van der Waals surface area (Å²) >= 11 is 0. The van der Waals surface area contributed by atoms with Crippen LogP contribution in [0.2, 0.25) is 0 Å². The summed E-state index contributed by atoms with van der Waals surface area (Å²) < 4.78 is 25.8. The molecule has 0 aliphatic rings. The summed E-state index contributed by atoms with van der Waals surface area (Å²) in [6, 6.07) is 13.3. The van der Waals surface area contributed by atoms with Crippen molar-refractivity contribution in [2.75, 3.05) is 13.6 Å². The topological polar surface area (TPSA) is 101 Å². The molecule has 0 aliphatic heterocycles. The van der Waals surface area contributed by atoms with Crippen LogP contribution in [0, 0.1) is 10.1 Å². The second-order valence-electron chi connectivity index (χ2n) is 4.96. The van der Waals surface area contributed by atoms with Crippen molar-refractivity contribution in [2.24, 2.45) is 0 Å². The SMILES string of the molecule is CN(CC(O)c1ccc([N+](=O)[O-])cc1)S(=O)(=O)c1ccccc1. The number of aliphatic hydroxyl groups excluding tert-OH is 1. The van der Waals surface area contributed by atoms with Gasteiger partial charge in [0, 0.05) is 25.7 Å². The van der Waals surface area contributed by atoms with E-state index in [-0.39, 0.29) is 17.1 Å². The molecular formula is C15H16N2O5S. The fraction of sp³-hybridized carbons (Fsp3) is 0.200. The maximum atomic E-state index is 12.4. The van der Waals surface area contributed by atoms with E-state index in [0.29, 0.717) is 5.56 Å². The normalized spacial score (nSPS) is 13.0. The molecule has 1 unspecified atom stereocenters. The zero-order valence-corrected chi connectivity index (χ0v) is 13.2. The first-order valence-electron chi connectivity index (χ1n) is 6.76. The lowest BCUT2D eigenvalue weighted by atomic mass is 10.1. The molecule has 0 fully saturated rings. The predicted octanol–water partition coefficient (Wildman–Crippen LogP) is 1.95. The smallest absolute Gasteiger partial charge is 0.269 e. The molecule has 2 aromatic rings. The molecule has 0 amide bonds. The van der Waals surface area contributed by atoms with Crippen LogP contribution in [0.5, 0.6) is 0 Å². The van der Waals surface area contributed by atoms with Gasteiger partial charge in [0.05, 0.1) is 15.9 Å². The van der Waals surface area contributed by atoms with Crippen LogP contribution in [0.3, 0.4) is 0 Å². The lowest BCUT2D eigenvalue weighted by Crippen LogP contribution is -2.31. The number of nitrogens with zero attached hydrogens (tertiary/aromatic N) is 2. The number of aliphatic hydroxyl groups is 1. The molecule has 0 aromatic heterocycles. The van der Waals surface area contributed by atoms with Crippen LogP contribution in [0.15, 0.2) is 59.5 Å². The van der Waals surface area contributed by atoms with Gasteiger partial charge in [-0.3, -0.25) is 10.1 Å². The van der Waals surface area contributed by atoms with Gasteiger partial charge in [-0.15, -0.1) is 0 Å². The van der Waals surface area contributed by atoms with Gasteiger partial charge in [-0.05, 0) is 29.8 Å². The van der Waals surface area contributed by atoms with Gasteiger partial charge in [-0.2, -0.15) is 4.31 Å². The number of rotatable bonds is 6. The maximum absolute atomic E-state index is 12.4. The lowest BCUT2D eigenvalue weighted by molar-refractivity contribution is -0.384. The molecule has 1 N–H and O–H groups in total. The summed E-state index contributed by atoms with van der Waals surface area (Å²) in [5.41, 5.74) is 0.317. The van der Waals surface area contributed by atoms with Gasteiger partial charge in [-0.1, -0.05) is 18.2 Å². The van der Waals surface area contributed by atoms with Gasteiger partial charge in [-0.25, -0.2) is 8.42 Å². The molecule has 0 radical (unpaired) electrons. The third-order valence-corrected chi connectivity index (χ3v) is 5.21. The molecule has 2 rings (SSSR count). The highest BCUT2D eigenvalue weighted by Gasteiger charge is 2.23. The average Bonchev–Trinajstić information content (AvgIpc) is 2.55. The van der Waals surface area contributed by atoms with Crippen molar-refractivity contribution in [3.63, 3.8) is 0 Å². The first kappa shape index (κ1) is 17.1. The summed E-state index contributed by atoms with van der Waals surface area (Å²) in [6.07, 6.45) is -1.08. The van der Waals surface area contributed by atoms with Crippen molar-refractivity contribution in [3.8, 4) is 0 Å². The molecule has 8 heteroatoms. The van der Waals surface area contributed by atoms with Gasteiger partial charge < -0.3 is 5.11 Å². The van der Waals surface area contributed by atoms with E-state index < -0.39 is 21.1 Å². The first-order valence-corrected chi connectivity index (χ1v) is 8.20. The van der Waals surface area contributed by atoms with Gasteiger partial charge >= 0.3 is 0 Å². The molecule has 0 bridgehead atoms. The zero-order chi connectivity index (χ0) is 17.0. The Morgan fingerprint density at radius 2 is 1.70 bits per heavy atom. The zero-order valence-electron chi connectivity index (χ0n) is 12.4. The number of nitro groups is 1. The van der Waals surface area contributed by atoms with Crippen molar-refractivity contribution >= 4 is 15.7 Å². The molecule has 0 aliphatic carbocycles. The van der Waals surface area contributed by atoms with Crippen molar-refractivity contribution in [2.45, 2.75) is 11.0 Å². The van der Waals surface area contributed by atoms with E-state index in [4.69, 9.17) is 0 Å². The molecule has 0 saturated heterocycles. The lowest BCUT2D eigenvalue weighted by Gasteiger charge is -2.20. The minimum atomic E-state index is -3.70. The number of hydrogen-bond donors (Lipinski definition) is 1. The average molecular weight is 336 g/mol. The number of non-ortho nitro benzene ring substituents is 1. The largest absolute Gasteiger partial charge is 0.387 e. The van der Waals surface area contributed by atoms with E-state index in [9.17, 15) is 23.6 Å². The third-order valence-electron chi connectivity index (χ3n) is 3.37. The van der Waals surface area contributed by atoms with E-state index in [1.165, 1.54) is 43.4 Å². The summed E-state index contributed by atoms with van der Waals surface area (Å²) in [5, 5.41) is 20.8. The van der Waals surface area contributed by atoms with Gasteiger partial charge in [0.1, 0.15) is 0 Å². The summed E-state index contributed by atoms with van der Waals surface area (Å²) in [6.45, 7) is -0.158. The number of nitro benzene ring substituents is 1. The van der Waals surface area contributed by atoms with Crippen LogP contribution in [0.4, 0.5) is 5.69 Å². The fourth-order valence-electron chi connectivity index (χ4n) is 2.04. The van der Waals surface area contributed by atoms with Crippen LogP contribution in [-0.4, -0.2) is 36.3 Å². The second kappa shape index (κ2) is 6.86. The molecule has 0 saturated carbocycles. The Morgan fingerprint density at radius 3 is 2.22 bits per heavy atom. The molecule has 2 aromatic carbocycles. The highest BCUT2D eigenvalue weighted by atomic mass is 32.2. The maximum Gasteiger partial charge on any atom is 0.269 e. The Morgan fingerprint density at radius 1 is 1.13 bits per heavy atom. The van der Waals surface area contributed by atoms with Crippen molar-refractivity contribution in [1.82, 2.24) is 4.31 Å². The predicted molar refractivity (Wildman–Crippen MR) is 84.3 cm³/mol. The van der Waals surface area contributed by atoms with Crippen molar-refractivity contribution in [3.05, 3.63) is 70.3 Å². The van der Waals surface area contributed by atoms with E-state index in [1.807, 2.05) is 0 Å². The molecule has 7 nitrogen and oxygen atoms in total. The summed E-state index contributed by atoms with van der Waals surface area (Å²) in [4.78, 5) is 10.2. The highest BCUT2D eigenvalue weighted by molar-refractivity contribution is 7.89. The number of hydrogen-bond acceptors (Lipinski definition) is 5. The Hall–Kier alpha value is -2.29. The van der Waals surface area contributed by atoms with Gasteiger partial charge in [0.2, 0.25) is 10.0 Å². The van der Waals surface area contributed by atoms with Crippen LogP contribution in [0.1, 0.15) is 11.7 Å². The van der Waals surface area contributed by atoms with Crippen LogP contribution in [-0.2, 0) is 10.0 Å². The fourth-order valence-corrected chi connectivity index (χ4v) is 3.24. The second-order valence-corrected chi connectivity index (χ2v) is 7.01. The van der Waals surface area contributed by atoms with Crippen molar-refractivity contribution < 1.29 is 18.4 Å². The Bertz CT molecular complexity index is 775. The molecule has 1 atom stereocenters.